The van der Waals surface area contributed by atoms with Crippen molar-refractivity contribution in [3.63, 3.8) is 0 Å². The van der Waals surface area contributed by atoms with E-state index in [0.29, 0.717) is 39.8 Å². The van der Waals surface area contributed by atoms with Crippen LogP contribution >= 0.6 is 0 Å². The lowest BCUT2D eigenvalue weighted by atomic mass is 9.98. The Balaban J connectivity index is 1.13. The van der Waals surface area contributed by atoms with Gasteiger partial charge in [-0.05, 0) is 52.6 Å². The van der Waals surface area contributed by atoms with Gasteiger partial charge in [0.1, 0.15) is 22.3 Å². The minimum absolute atomic E-state index is 0.168. The molecule has 0 atom stereocenters. The first kappa shape index (κ1) is 23.5. The molecule has 0 radical (unpaired) electrons. The number of rotatable bonds is 5. The van der Waals surface area contributed by atoms with Gasteiger partial charge < -0.3 is 8.83 Å². The van der Waals surface area contributed by atoms with E-state index in [4.69, 9.17) is 30.6 Å². The number of nitrogens with zero attached hydrogens (tertiary/aromatic N) is 3. The van der Waals surface area contributed by atoms with Gasteiger partial charge in [-0.1, -0.05) is 133 Å². The second-order valence-electron chi connectivity index (χ2n) is 12.0. The Kier molecular flexibility index (Phi) is 5.35. The third kappa shape index (κ3) is 4.67. The van der Waals surface area contributed by atoms with Crippen molar-refractivity contribution < 1.29 is 15.7 Å². The van der Waals surface area contributed by atoms with Gasteiger partial charge >= 0.3 is 0 Å². The molecule has 0 aliphatic carbocycles. The van der Waals surface area contributed by atoms with Gasteiger partial charge in [-0.2, -0.15) is 0 Å². The fourth-order valence-electron chi connectivity index (χ4n) is 6.67. The zero-order valence-corrected chi connectivity index (χ0v) is 26.4. The number of hydrogen-bond donors (Lipinski definition) is 0. The molecule has 0 fully saturated rings. The highest BCUT2D eigenvalue weighted by atomic mass is 16.3. The monoisotopic (exact) mass is 646 g/mol. The molecule has 0 amide bonds. The molecule has 7 aromatic carbocycles. The predicted molar refractivity (Wildman–Crippen MR) is 202 cm³/mol. The predicted octanol–water partition coefficient (Wildman–Crippen LogP) is 12.0. The van der Waals surface area contributed by atoms with Crippen molar-refractivity contribution >= 4 is 43.9 Å². The van der Waals surface area contributed by atoms with E-state index in [9.17, 15) is 0 Å². The van der Waals surface area contributed by atoms with Gasteiger partial charge in [0.05, 0.1) is 12.4 Å². The molecule has 0 N–H and O–H groups in total. The fourth-order valence-corrected chi connectivity index (χ4v) is 6.67. The number of aromatic nitrogens is 3. The fraction of sp³-hybridized carbons (Fsp3) is 0. The van der Waals surface area contributed by atoms with Crippen LogP contribution < -0.4 is 0 Å². The van der Waals surface area contributed by atoms with Crippen LogP contribution in [0, 0.1) is 0 Å². The first-order chi connectivity index (χ1) is 26.8. The smallest absolute Gasteiger partial charge is 0.167 e. The third-order valence-corrected chi connectivity index (χ3v) is 9.06. The van der Waals surface area contributed by atoms with E-state index in [1.165, 1.54) is 0 Å². The number of hydrogen-bond acceptors (Lipinski definition) is 5. The van der Waals surface area contributed by atoms with Crippen molar-refractivity contribution in [1.29, 1.82) is 0 Å². The molecule has 0 saturated heterocycles. The average molecular weight is 647 g/mol. The van der Waals surface area contributed by atoms with Crippen LogP contribution in [0.15, 0.2) is 173 Å². The molecule has 0 unspecified atom stereocenters. The molecule has 5 heteroatoms. The van der Waals surface area contributed by atoms with E-state index in [-0.39, 0.29) is 29.7 Å². The molecule has 0 spiro atoms. The van der Waals surface area contributed by atoms with E-state index >= 15 is 0 Å². The summed E-state index contributed by atoms with van der Waals surface area (Å²) in [5, 5.41) is 3.73. The summed E-state index contributed by atoms with van der Waals surface area (Å²) < 4.78 is 53.8. The minimum Gasteiger partial charge on any atom is -0.456 e. The number of furan rings is 2. The van der Waals surface area contributed by atoms with E-state index < -0.39 is 6.04 Å². The zero-order chi connectivity index (χ0) is 37.4. The maximum Gasteiger partial charge on any atom is 0.167 e. The van der Waals surface area contributed by atoms with Crippen LogP contribution in [0.1, 0.15) is 6.85 Å². The lowest BCUT2D eigenvalue weighted by molar-refractivity contribution is 0.668. The first-order valence-corrected chi connectivity index (χ1v) is 16.2. The Morgan fingerprint density at radius 1 is 0.400 bits per heavy atom. The molecule has 0 aliphatic rings. The minimum atomic E-state index is -0.413. The van der Waals surface area contributed by atoms with Gasteiger partial charge in [-0.15, -0.1) is 0 Å². The Morgan fingerprint density at radius 2 is 1.02 bits per heavy atom. The maximum absolute atomic E-state index is 8.41. The van der Waals surface area contributed by atoms with Crippen molar-refractivity contribution in [1.82, 2.24) is 15.0 Å². The summed E-state index contributed by atoms with van der Waals surface area (Å²) in [7, 11) is 0. The highest BCUT2D eigenvalue weighted by molar-refractivity contribution is 6.13. The summed E-state index contributed by atoms with van der Waals surface area (Å²) in [5.74, 6) is 1.50. The van der Waals surface area contributed by atoms with Gasteiger partial charge in [0.15, 0.2) is 17.5 Å². The third-order valence-electron chi connectivity index (χ3n) is 9.06. The highest BCUT2D eigenvalue weighted by Gasteiger charge is 2.20. The lowest BCUT2D eigenvalue weighted by Gasteiger charge is -2.10. The summed E-state index contributed by atoms with van der Waals surface area (Å²) >= 11 is 0. The summed E-state index contributed by atoms with van der Waals surface area (Å²) in [6.07, 6.45) is 0. The van der Waals surface area contributed by atoms with Crippen LogP contribution in [-0.2, 0) is 0 Å². The molecule has 10 rings (SSSR count). The van der Waals surface area contributed by atoms with E-state index in [2.05, 4.69) is 6.07 Å². The van der Waals surface area contributed by atoms with Gasteiger partial charge in [0.25, 0.3) is 0 Å². The quantitative estimate of drug-likeness (QED) is 0.186. The molecule has 0 bridgehead atoms. The second-order valence-corrected chi connectivity index (χ2v) is 12.0. The second kappa shape index (κ2) is 11.4. The van der Waals surface area contributed by atoms with Crippen LogP contribution in [0.3, 0.4) is 0 Å². The van der Waals surface area contributed by atoms with Crippen molar-refractivity contribution in [2.45, 2.75) is 0 Å². The maximum atomic E-state index is 8.41. The Morgan fingerprint density at radius 3 is 1.86 bits per heavy atom. The molecule has 10 aromatic rings. The van der Waals surface area contributed by atoms with Crippen molar-refractivity contribution in [3.8, 4) is 56.4 Å². The summed E-state index contributed by atoms with van der Waals surface area (Å²) in [6.45, 7) is 0. The van der Waals surface area contributed by atoms with Crippen LogP contribution in [0.4, 0.5) is 0 Å². The van der Waals surface area contributed by atoms with Crippen molar-refractivity contribution in [3.05, 3.63) is 164 Å². The zero-order valence-electron chi connectivity index (χ0n) is 31.4. The van der Waals surface area contributed by atoms with Crippen molar-refractivity contribution in [2.24, 2.45) is 0 Å². The molecule has 3 aromatic heterocycles. The Labute approximate surface area is 294 Å². The Bertz CT molecular complexity index is 3130. The summed E-state index contributed by atoms with van der Waals surface area (Å²) in [5.41, 5.74) is 7.77. The largest absolute Gasteiger partial charge is 0.456 e. The van der Waals surface area contributed by atoms with Crippen LogP contribution in [0.25, 0.3) is 100 Å². The van der Waals surface area contributed by atoms with Gasteiger partial charge in [0, 0.05) is 32.7 Å². The average Bonchev–Trinajstić information content (AvgIpc) is 3.81. The molecular formula is C45H27N3O2. The Hall–Kier alpha value is -6.85. The summed E-state index contributed by atoms with van der Waals surface area (Å²) in [4.78, 5) is 15.2. The highest BCUT2D eigenvalue weighted by Crippen LogP contribution is 2.40. The van der Waals surface area contributed by atoms with Crippen LogP contribution in [0.2, 0.25) is 0 Å². The van der Waals surface area contributed by atoms with Gasteiger partial charge in [0.2, 0.25) is 0 Å². The van der Waals surface area contributed by atoms with E-state index in [1.54, 1.807) is 12.1 Å². The van der Waals surface area contributed by atoms with Gasteiger partial charge in [-0.3, -0.25) is 0 Å². The number of fused-ring (bicyclic) bond motifs is 6. The van der Waals surface area contributed by atoms with Crippen molar-refractivity contribution in [2.75, 3.05) is 0 Å². The molecule has 234 valence electrons. The SMILES string of the molecule is [2H]c1c([2H])c([2H])c(-c2ccc(-c3ccc4oc5cccc(-c6nc(-c7ccccc7)nc(-c7cccc8c7oc7ccccc78)n6)c5c4c3)cc2)c([2H])c1[2H]. The topological polar surface area (TPSA) is 65.0 Å². The molecule has 0 aliphatic heterocycles. The van der Waals surface area contributed by atoms with E-state index in [1.807, 2.05) is 115 Å². The molecule has 50 heavy (non-hydrogen) atoms. The number of para-hydroxylation sites is 2. The molecule has 5 nitrogen and oxygen atoms in total. The normalized spacial score (nSPS) is 13.0. The first-order valence-electron chi connectivity index (χ1n) is 18.7. The summed E-state index contributed by atoms with van der Waals surface area (Å²) in [6, 6.07) is 41.4. The van der Waals surface area contributed by atoms with Gasteiger partial charge in [-0.25, -0.2) is 15.0 Å². The standard InChI is InChI=1S/C45H27N3O2/c1-3-11-28(12-4-1)29-21-23-30(24-22-29)32-25-26-39-37(27-32)41-35(17-10-20-40(41)49-39)44-46-43(31-13-5-2-6-14-31)47-45(48-44)36-18-9-16-34-33-15-7-8-19-38(33)50-42(34)36/h1-27H/i1D,3D,4D,11D,12D. The van der Waals surface area contributed by atoms with Crippen LogP contribution in [-0.4, -0.2) is 15.0 Å². The number of benzene rings is 7. The molecule has 0 saturated carbocycles. The molecular weight excluding hydrogens is 615 g/mol. The molecule has 3 heterocycles. The lowest BCUT2D eigenvalue weighted by Crippen LogP contribution is -2.00. The van der Waals surface area contributed by atoms with Crippen LogP contribution in [0.5, 0.6) is 0 Å². The van der Waals surface area contributed by atoms with E-state index in [0.717, 1.165) is 54.9 Å².